The third-order valence-corrected chi connectivity index (χ3v) is 5.96. The molecule has 3 aromatic carbocycles. The number of benzene rings is 3. The minimum Gasteiger partial charge on any atom is -0.494 e. The standard InChI is InChI=1S/C30H31N3O5/c1-5-6-16-38-22-11-9-10-20(17-22)26-18-24(23-12-7-8-13-25(23)32-26)30(34)33-31-19-21-14-15-27(35-2)29(37-4)28(21)36-3/h7-15,17-19H,5-6,16H2,1-4H3,(H,33,34). The average molecular weight is 514 g/mol. The summed E-state index contributed by atoms with van der Waals surface area (Å²) in [4.78, 5) is 18.1. The summed E-state index contributed by atoms with van der Waals surface area (Å²) >= 11 is 0. The quantitative estimate of drug-likeness (QED) is 0.153. The first-order valence-corrected chi connectivity index (χ1v) is 12.3. The third-order valence-electron chi connectivity index (χ3n) is 5.96. The normalized spacial score (nSPS) is 10.9. The van der Waals surface area contributed by atoms with E-state index in [0.717, 1.165) is 29.5 Å². The minimum absolute atomic E-state index is 0.365. The van der Waals surface area contributed by atoms with Gasteiger partial charge < -0.3 is 18.9 Å². The number of hydrazone groups is 1. The van der Waals surface area contributed by atoms with Crippen LogP contribution >= 0.6 is 0 Å². The first-order valence-electron chi connectivity index (χ1n) is 12.3. The molecule has 0 radical (unpaired) electrons. The zero-order valence-electron chi connectivity index (χ0n) is 22.0. The summed E-state index contributed by atoms with van der Waals surface area (Å²) in [5.41, 5.74) is 5.94. The topological polar surface area (TPSA) is 91.3 Å². The number of para-hydroxylation sites is 1. The number of hydrogen-bond donors (Lipinski definition) is 1. The van der Waals surface area contributed by atoms with Gasteiger partial charge in [-0.1, -0.05) is 43.7 Å². The number of nitrogens with one attached hydrogen (secondary N) is 1. The molecule has 0 unspecified atom stereocenters. The predicted octanol–water partition coefficient (Wildman–Crippen LogP) is 5.87. The molecule has 4 aromatic rings. The number of methoxy groups -OCH3 is 3. The van der Waals surface area contributed by atoms with Crippen LogP contribution in [0.25, 0.3) is 22.2 Å². The van der Waals surface area contributed by atoms with Crippen LogP contribution in [0.1, 0.15) is 35.7 Å². The number of fused-ring (bicyclic) bond motifs is 1. The van der Waals surface area contributed by atoms with Crippen LogP contribution in [0.4, 0.5) is 0 Å². The fraction of sp³-hybridized carbons (Fsp3) is 0.233. The van der Waals surface area contributed by atoms with Gasteiger partial charge >= 0.3 is 0 Å². The Balaban J connectivity index is 1.63. The molecule has 0 atom stereocenters. The van der Waals surface area contributed by atoms with Crippen molar-refractivity contribution in [2.24, 2.45) is 5.10 Å². The van der Waals surface area contributed by atoms with E-state index in [1.165, 1.54) is 20.4 Å². The second kappa shape index (κ2) is 12.6. The van der Waals surface area contributed by atoms with Gasteiger partial charge in [0.15, 0.2) is 11.5 Å². The summed E-state index contributed by atoms with van der Waals surface area (Å²) < 4.78 is 22.1. The van der Waals surface area contributed by atoms with Gasteiger partial charge in [0.1, 0.15) is 5.75 Å². The summed E-state index contributed by atoms with van der Waals surface area (Å²) in [6.45, 7) is 2.78. The van der Waals surface area contributed by atoms with Gasteiger partial charge in [-0.25, -0.2) is 10.4 Å². The summed E-state index contributed by atoms with van der Waals surface area (Å²) in [6, 6.07) is 20.5. The monoisotopic (exact) mass is 513 g/mol. The predicted molar refractivity (Wildman–Crippen MR) is 149 cm³/mol. The van der Waals surface area contributed by atoms with Crippen LogP contribution in [0.15, 0.2) is 71.8 Å². The highest BCUT2D eigenvalue weighted by Gasteiger charge is 2.16. The summed E-state index contributed by atoms with van der Waals surface area (Å²) in [6.07, 6.45) is 3.55. The number of carbonyl (C=O) groups excluding carboxylic acids is 1. The lowest BCUT2D eigenvalue weighted by Gasteiger charge is -2.13. The molecule has 38 heavy (non-hydrogen) atoms. The van der Waals surface area contributed by atoms with Crippen LogP contribution in [-0.4, -0.2) is 45.0 Å². The lowest BCUT2D eigenvalue weighted by Crippen LogP contribution is -2.18. The van der Waals surface area contributed by atoms with Gasteiger partial charge in [-0.3, -0.25) is 4.79 Å². The zero-order valence-corrected chi connectivity index (χ0v) is 22.0. The molecule has 1 heterocycles. The van der Waals surface area contributed by atoms with Gasteiger partial charge in [-0.15, -0.1) is 0 Å². The molecule has 196 valence electrons. The number of ether oxygens (including phenoxy) is 4. The Kier molecular flexibility index (Phi) is 8.77. The molecule has 0 spiro atoms. The molecule has 1 aromatic heterocycles. The SMILES string of the molecule is CCCCOc1cccc(-c2cc(C(=O)NN=Cc3ccc(OC)c(OC)c3OC)c3ccccc3n2)c1. The molecular weight excluding hydrogens is 482 g/mol. The molecule has 8 heteroatoms. The maximum atomic E-state index is 13.3. The Morgan fingerprint density at radius 3 is 2.53 bits per heavy atom. The van der Waals surface area contributed by atoms with E-state index in [2.05, 4.69) is 17.5 Å². The molecule has 0 aliphatic rings. The molecule has 0 fully saturated rings. The van der Waals surface area contributed by atoms with Crippen molar-refractivity contribution in [2.75, 3.05) is 27.9 Å². The number of rotatable bonds is 11. The fourth-order valence-electron chi connectivity index (χ4n) is 4.04. The van der Waals surface area contributed by atoms with Crippen molar-refractivity contribution in [2.45, 2.75) is 19.8 Å². The van der Waals surface area contributed by atoms with Crippen LogP contribution in [0.2, 0.25) is 0 Å². The molecule has 4 rings (SSSR count). The maximum absolute atomic E-state index is 13.3. The Labute approximate surface area is 222 Å². The van der Waals surface area contributed by atoms with E-state index in [9.17, 15) is 4.79 Å². The van der Waals surface area contributed by atoms with Crippen molar-refractivity contribution in [1.82, 2.24) is 10.4 Å². The van der Waals surface area contributed by atoms with Crippen LogP contribution in [0, 0.1) is 0 Å². The van der Waals surface area contributed by atoms with E-state index in [1.54, 1.807) is 25.3 Å². The Hall–Kier alpha value is -4.59. The zero-order chi connectivity index (χ0) is 26.9. The van der Waals surface area contributed by atoms with E-state index in [0.29, 0.717) is 46.2 Å². The average Bonchev–Trinajstić information content (AvgIpc) is 2.96. The van der Waals surface area contributed by atoms with E-state index in [4.69, 9.17) is 23.9 Å². The van der Waals surface area contributed by atoms with Crippen molar-refractivity contribution in [3.63, 3.8) is 0 Å². The van der Waals surface area contributed by atoms with Crippen LogP contribution in [0.3, 0.4) is 0 Å². The number of aromatic nitrogens is 1. The van der Waals surface area contributed by atoms with E-state index in [1.807, 2.05) is 48.5 Å². The molecular formula is C30H31N3O5. The van der Waals surface area contributed by atoms with Crippen LogP contribution in [0.5, 0.6) is 23.0 Å². The van der Waals surface area contributed by atoms with Crippen molar-refractivity contribution in [3.05, 3.63) is 77.9 Å². The van der Waals surface area contributed by atoms with Gasteiger partial charge in [-0.05, 0) is 42.8 Å². The summed E-state index contributed by atoms with van der Waals surface area (Å²) in [7, 11) is 4.61. The highest BCUT2D eigenvalue weighted by atomic mass is 16.5. The van der Waals surface area contributed by atoms with Crippen molar-refractivity contribution in [1.29, 1.82) is 0 Å². The Morgan fingerprint density at radius 1 is 0.947 bits per heavy atom. The molecule has 8 nitrogen and oxygen atoms in total. The Morgan fingerprint density at radius 2 is 1.76 bits per heavy atom. The number of carbonyl (C=O) groups is 1. The van der Waals surface area contributed by atoms with Gasteiger partial charge in [-0.2, -0.15) is 5.10 Å². The number of unbranched alkanes of at least 4 members (excludes halogenated alkanes) is 1. The third kappa shape index (κ3) is 5.86. The van der Waals surface area contributed by atoms with Crippen molar-refractivity contribution < 1.29 is 23.7 Å². The van der Waals surface area contributed by atoms with E-state index in [-0.39, 0.29) is 5.91 Å². The molecule has 0 aliphatic heterocycles. The first kappa shape index (κ1) is 26.5. The van der Waals surface area contributed by atoms with Gasteiger partial charge in [0, 0.05) is 16.5 Å². The summed E-state index contributed by atoms with van der Waals surface area (Å²) in [5.74, 6) is 1.82. The lowest BCUT2D eigenvalue weighted by atomic mass is 10.0. The second-order valence-corrected chi connectivity index (χ2v) is 8.42. The van der Waals surface area contributed by atoms with Crippen molar-refractivity contribution >= 4 is 23.0 Å². The number of hydrogen-bond acceptors (Lipinski definition) is 7. The molecule has 0 saturated carbocycles. The number of pyridine rings is 1. The minimum atomic E-state index is -0.365. The number of amides is 1. The fourth-order valence-corrected chi connectivity index (χ4v) is 4.04. The second-order valence-electron chi connectivity index (χ2n) is 8.42. The first-order chi connectivity index (χ1) is 18.6. The molecule has 1 N–H and O–H groups in total. The molecule has 0 aliphatic carbocycles. The van der Waals surface area contributed by atoms with Gasteiger partial charge in [0.25, 0.3) is 5.91 Å². The highest BCUT2D eigenvalue weighted by Crippen LogP contribution is 2.39. The van der Waals surface area contributed by atoms with E-state index < -0.39 is 0 Å². The Bertz CT molecular complexity index is 1450. The highest BCUT2D eigenvalue weighted by molar-refractivity contribution is 6.07. The summed E-state index contributed by atoms with van der Waals surface area (Å²) in [5, 5.41) is 4.91. The number of nitrogens with zero attached hydrogens (tertiary/aromatic N) is 2. The van der Waals surface area contributed by atoms with Crippen LogP contribution in [-0.2, 0) is 0 Å². The van der Waals surface area contributed by atoms with E-state index >= 15 is 0 Å². The maximum Gasteiger partial charge on any atom is 0.272 e. The van der Waals surface area contributed by atoms with Crippen LogP contribution < -0.4 is 24.4 Å². The van der Waals surface area contributed by atoms with Gasteiger partial charge in [0.2, 0.25) is 5.75 Å². The largest absolute Gasteiger partial charge is 0.494 e. The van der Waals surface area contributed by atoms with Crippen molar-refractivity contribution in [3.8, 4) is 34.3 Å². The van der Waals surface area contributed by atoms with Gasteiger partial charge in [0.05, 0.1) is 50.9 Å². The molecule has 0 bridgehead atoms. The molecule has 1 amide bonds. The lowest BCUT2D eigenvalue weighted by molar-refractivity contribution is 0.0956. The smallest absolute Gasteiger partial charge is 0.272 e. The molecule has 0 saturated heterocycles.